The molecule has 0 saturated carbocycles. The number of aromatic nitrogens is 1. The molecule has 0 bridgehead atoms. The van der Waals surface area contributed by atoms with Gasteiger partial charge < -0.3 is 10.2 Å². The van der Waals surface area contributed by atoms with E-state index in [1.165, 1.54) is 5.56 Å². The topological polar surface area (TPSA) is 45.2 Å². The molecule has 2 aromatic rings. The number of piperidine rings is 1. The molecule has 120 valence electrons. The zero-order chi connectivity index (χ0) is 16.2. The van der Waals surface area contributed by atoms with Crippen molar-refractivity contribution < 1.29 is 4.79 Å². The highest BCUT2D eigenvalue weighted by Gasteiger charge is 2.29. The zero-order valence-electron chi connectivity index (χ0n) is 13.7. The van der Waals surface area contributed by atoms with Crippen molar-refractivity contribution in [2.24, 2.45) is 0 Å². The van der Waals surface area contributed by atoms with E-state index in [1.807, 2.05) is 48.5 Å². The average Bonchev–Trinajstić information content (AvgIpc) is 2.62. The van der Waals surface area contributed by atoms with Crippen molar-refractivity contribution in [2.75, 3.05) is 18.9 Å². The van der Waals surface area contributed by atoms with Crippen LogP contribution in [0.25, 0.3) is 0 Å². The highest BCUT2D eigenvalue weighted by Crippen LogP contribution is 2.34. The van der Waals surface area contributed by atoms with Crippen molar-refractivity contribution in [3.63, 3.8) is 0 Å². The molecule has 1 saturated heterocycles. The maximum Gasteiger partial charge on any atom is 0.254 e. The number of nitrogens with zero attached hydrogens (tertiary/aromatic N) is 2. The first kappa shape index (κ1) is 15.5. The minimum Gasteiger partial charge on any atom is -0.373 e. The van der Waals surface area contributed by atoms with Gasteiger partial charge in [-0.3, -0.25) is 4.79 Å². The Morgan fingerprint density at radius 3 is 2.74 bits per heavy atom. The maximum atomic E-state index is 12.9. The summed E-state index contributed by atoms with van der Waals surface area (Å²) in [5, 5.41) is 3.07. The number of carbonyl (C=O) groups excluding carboxylic acids is 1. The fraction of sp³-hybridized carbons (Fsp3) is 0.368. The first-order chi connectivity index (χ1) is 11.2. The van der Waals surface area contributed by atoms with E-state index in [4.69, 9.17) is 0 Å². The van der Waals surface area contributed by atoms with E-state index in [0.717, 1.165) is 42.8 Å². The van der Waals surface area contributed by atoms with Crippen LogP contribution in [0, 0.1) is 6.92 Å². The Labute approximate surface area is 137 Å². The van der Waals surface area contributed by atoms with Gasteiger partial charge in [0.25, 0.3) is 5.91 Å². The van der Waals surface area contributed by atoms with E-state index in [-0.39, 0.29) is 11.9 Å². The van der Waals surface area contributed by atoms with Crippen molar-refractivity contribution in [3.05, 3.63) is 59.3 Å². The summed E-state index contributed by atoms with van der Waals surface area (Å²) < 4.78 is 0. The molecular weight excluding hydrogens is 286 g/mol. The van der Waals surface area contributed by atoms with E-state index in [9.17, 15) is 4.79 Å². The molecule has 1 aromatic carbocycles. The number of anilines is 1. The summed E-state index contributed by atoms with van der Waals surface area (Å²) in [5.74, 6) is 0.982. The van der Waals surface area contributed by atoms with Crippen LogP contribution in [-0.4, -0.2) is 29.4 Å². The van der Waals surface area contributed by atoms with Crippen LogP contribution in [0.4, 0.5) is 5.82 Å². The number of amides is 1. The van der Waals surface area contributed by atoms with Crippen molar-refractivity contribution in [2.45, 2.75) is 32.2 Å². The summed E-state index contributed by atoms with van der Waals surface area (Å²) in [6, 6.07) is 11.7. The second-order valence-electron chi connectivity index (χ2n) is 6.05. The third-order valence-corrected chi connectivity index (χ3v) is 4.55. The fourth-order valence-electron chi connectivity index (χ4n) is 3.30. The van der Waals surface area contributed by atoms with Crippen LogP contribution in [-0.2, 0) is 0 Å². The van der Waals surface area contributed by atoms with Crippen molar-refractivity contribution in [3.8, 4) is 0 Å². The number of nitrogens with one attached hydrogen (secondary N) is 1. The predicted molar refractivity (Wildman–Crippen MR) is 92.6 cm³/mol. The Bertz CT molecular complexity index is 684. The van der Waals surface area contributed by atoms with Gasteiger partial charge in [-0.1, -0.05) is 18.2 Å². The second-order valence-corrected chi connectivity index (χ2v) is 6.05. The second kappa shape index (κ2) is 6.82. The minimum atomic E-state index is 0.118. The summed E-state index contributed by atoms with van der Waals surface area (Å²) in [6.45, 7) is 2.91. The molecule has 1 N–H and O–H groups in total. The van der Waals surface area contributed by atoms with Crippen LogP contribution in [0.5, 0.6) is 0 Å². The molecule has 0 unspecified atom stereocenters. The van der Waals surface area contributed by atoms with Crippen molar-refractivity contribution >= 4 is 11.7 Å². The molecule has 4 nitrogen and oxygen atoms in total. The van der Waals surface area contributed by atoms with E-state index in [1.54, 1.807) is 0 Å². The number of benzene rings is 1. The summed E-state index contributed by atoms with van der Waals surface area (Å²) in [5.41, 5.74) is 3.10. The lowest BCUT2D eigenvalue weighted by molar-refractivity contribution is 0.0610. The summed E-state index contributed by atoms with van der Waals surface area (Å²) in [7, 11) is 1.87. The monoisotopic (exact) mass is 309 g/mol. The van der Waals surface area contributed by atoms with Gasteiger partial charge in [0.1, 0.15) is 5.82 Å². The quantitative estimate of drug-likeness (QED) is 0.938. The molecule has 3 rings (SSSR count). The molecule has 1 atom stereocenters. The van der Waals surface area contributed by atoms with Crippen LogP contribution >= 0.6 is 0 Å². The highest BCUT2D eigenvalue weighted by molar-refractivity contribution is 5.94. The van der Waals surface area contributed by atoms with Gasteiger partial charge in [0, 0.05) is 25.4 Å². The van der Waals surface area contributed by atoms with Crippen molar-refractivity contribution in [1.82, 2.24) is 9.88 Å². The number of pyridine rings is 1. The van der Waals surface area contributed by atoms with Crippen LogP contribution in [0.2, 0.25) is 0 Å². The molecule has 4 heteroatoms. The van der Waals surface area contributed by atoms with Crippen LogP contribution in [0.1, 0.15) is 46.8 Å². The normalized spacial score (nSPS) is 17.8. The van der Waals surface area contributed by atoms with Gasteiger partial charge in [-0.05, 0) is 55.5 Å². The van der Waals surface area contributed by atoms with Crippen molar-refractivity contribution in [1.29, 1.82) is 0 Å². The van der Waals surface area contributed by atoms with Gasteiger partial charge in [0.2, 0.25) is 0 Å². The molecule has 2 heterocycles. The molecule has 0 radical (unpaired) electrons. The fourth-order valence-corrected chi connectivity index (χ4v) is 3.30. The smallest absolute Gasteiger partial charge is 0.254 e. The average molecular weight is 309 g/mol. The number of carbonyl (C=O) groups is 1. The van der Waals surface area contributed by atoms with Crippen LogP contribution < -0.4 is 5.32 Å². The molecule has 1 aliphatic heterocycles. The van der Waals surface area contributed by atoms with Gasteiger partial charge in [-0.15, -0.1) is 0 Å². The number of rotatable bonds is 3. The van der Waals surface area contributed by atoms with Crippen LogP contribution in [0.15, 0.2) is 42.6 Å². The number of aryl methyl sites for hydroxylation is 1. The Morgan fingerprint density at radius 1 is 1.26 bits per heavy atom. The largest absolute Gasteiger partial charge is 0.373 e. The SMILES string of the molecule is CNc1cc(C)c([C@H]2CCCCN2C(=O)c2ccccc2)cn1. The summed E-state index contributed by atoms with van der Waals surface area (Å²) in [4.78, 5) is 19.4. The van der Waals surface area contributed by atoms with Gasteiger partial charge in [-0.2, -0.15) is 0 Å². The van der Waals surface area contributed by atoms with E-state index in [0.29, 0.717) is 0 Å². The molecule has 1 aromatic heterocycles. The lowest BCUT2D eigenvalue weighted by atomic mass is 9.93. The van der Waals surface area contributed by atoms with Gasteiger partial charge in [0.15, 0.2) is 0 Å². The Morgan fingerprint density at radius 2 is 2.04 bits per heavy atom. The third-order valence-electron chi connectivity index (χ3n) is 4.55. The molecular formula is C19H23N3O. The van der Waals surface area contributed by atoms with Gasteiger partial charge in [0.05, 0.1) is 6.04 Å². The highest BCUT2D eigenvalue weighted by atomic mass is 16.2. The van der Waals surface area contributed by atoms with Gasteiger partial charge in [-0.25, -0.2) is 4.98 Å². The predicted octanol–water partition coefficient (Wildman–Crippen LogP) is 3.80. The standard InChI is InChI=1S/C19H23N3O/c1-14-12-18(20-2)21-13-16(14)17-10-6-7-11-22(17)19(23)15-8-4-3-5-9-15/h3-5,8-9,12-13,17H,6-7,10-11H2,1-2H3,(H,20,21)/t17-/m1/s1. The molecule has 1 amide bonds. The number of hydrogen-bond donors (Lipinski definition) is 1. The number of hydrogen-bond acceptors (Lipinski definition) is 3. The molecule has 23 heavy (non-hydrogen) atoms. The van der Waals surface area contributed by atoms with Crippen LogP contribution in [0.3, 0.4) is 0 Å². The van der Waals surface area contributed by atoms with E-state index < -0.39 is 0 Å². The molecule has 0 aliphatic carbocycles. The van der Waals surface area contributed by atoms with Gasteiger partial charge >= 0.3 is 0 Å². The van der Waals surface area contributed by atoms with E-state index >= 15 is 0 Å². The van der Waals surface area contributed by atoms with E-state index in [2.05, 4.69) is 23.3 Å². The third kappa shape index (κ3) is 3.21. The Balaban J connectivity index is 1.91. The minimum absolute atomic E-state index is 0.118. The molecule has 1 aliphatic rings. The summed E-state index contributed by atoms with van der Waals surface area (Å²) in [6.07, 6.45) is 5.13. The first-order valence-corrected chi connectivity index (χ1v) is 8.21. The Kier molecular flexibility index (Phi) is 4.60. The molecule has 1 fully saturated rings. The molecule has 0 spiro atoms. The lowest BCUT2D eigenvalue weighted by Gasteiger charge is -2.36. The lowest BCUT2D eigenvalue weighted by Crippen LogP contribution is -2.38. The summed E-state index contributed by atoms with van der Waals surface area (Å²) >= 11 is 0. The number of likely N-dealkylation sites (tertiary alicyclic amines) is 1. The Hall–Kier alpha value is -2.36. The maximum absolute atomic E-state index is 12.9. The first-order valence-electron chi connectivity index (χ1n) is 8.21. The zero-order valence-corrected chi connectivity index (χ0v) is 13.7.